The fourth-order valence-electron chi connectivity index (χ4n) is 2.97. The van der Waals surface area contributed by atoms with Crippen molar-refractivity contribution in [3.63, 3.8) is 0 Å². The highest BCUT2D eigenvalue weighted by Gasteiger charge is 2.31. The Hall–Kier alpha value is -0.650. The number of nitrogens with zero attached hydrogens (tertiary/aromatic N) is 2. The van der Waals surface area contributed by atoms with Gasteiger partial charge < -0.3 is 20.2 Å². The lowest BCUT2D eigenvalue weighted by molar-refractivity contribution is -0.144. The molecule has 2 N–H and O–H groups in total. The lowest BCUT2D eigenvalue weighted by Gasteiger charge is -2.35. The maximum absolute atomic E-state index is 11.5. The Morgan fingerprint density at radius 1 is 1.43 bits per heavy atom. The smallest absolute Gasteiger partial charge is 0.323 e. The van der Waals surface area contributed by atoms with Crippen LogP contribution in [0.2, 0.25) is 0 Å². The lowest BCUT2D eigenvalue weighted by atomic mass is 9.95. The van der Waals surface area contributed by atoms with Crippen LogP contribution in [0.25, 0.3) is 0 Å². The van der Waals surface area contributed by atoms with Crippen LogP contribution >= 0.6 is 0 Å². The van der Waals surface area contributed by atoms with E-state index in [1.54, 1.807) is 6.92 Å². The van der Waals surface area contributed by atoms with Gasteiger partial charge >= 0.3 is 5.97 Å². The third-order valence-electron chi connectivity index (χ3n) is 4.74. The topological polar surface area (TPSA) is 55.8 Å². The molecule has 1 aliphatic heterocycles. The molecule has 5 nitrogen and oxygen atoms in total. The van der Waals surface area contributed by atoms with Crippen molar-refractivity contribution in [2.45, 2.75) is 57.5 Å². The summed E-state index contributed by atoms with van der Waals surface area (Å²) in [4.78, 5) is 16.2. The van der Waals surface area contributed by atoms with Gasteiger partial charge in [-0.15, -0.1) is 0 Å². The molecule has 0 radical (unpaired) electrons. The van der Waals surface area contributed by atoms with Crippen LogP contribution in [0.3, 0.4) is 0 Å². The van der Waals surface area contributed by atoms with E-state index in [0.717, 1.165) is 25.9 Å². The standard InChI is InChI=1S/C16H33N3O2/c1-5-10-17-16(2,15(20)21)9-6-11-19(4)14-7-12-18(3)13-8-14/h14,17H,5-13H2,1-4H3,(H,20,21). The second-order valence-corrected chi connectivity index (χ2v) is 6.68. The van der Waals surface area contributed by atoms with Crippen molar-refractivity contribution in [2.75, 3.05) is 40.3 Å². The second kappa shape index (κ2) is 8.71. The Labute approximate surface area is 129 Å². The summed E-state index contributed by atoms with van der Waals surface area (Å²) in [6, 6.07) is 0.654. The lowest BCUT2D eigenvalue weighted by Crippen LogP contribution is -2.50. The Bertz CT molecular complexity index is 317. The van der Waals surface area contributed by atoms with Crippen LogP contribution in [0.1, 0.15) is 46.0 Å². The van der Waals surface area contributed by atoms with Crippen molar-refractivity contribution in [3.05, 3.63) is 0 Å². The molecule has 1 atom stereocenters. The summed E-state index contributed by atoms with van der Waals surface area (Å²) in [6.07, 6.45) is 4.99. The van der Waals surface area contributed by atoms with E-state index in [-0.39, 0.29) is 0 Å². The van der Waals surface area contributed by atoms with Gasteiger partial charge in [0, 0.05) is 6.04 Å². The van der Waals surface area contributed by atoms with E-state index in [1.165, 1.54) is 25.9 Å². The molecule has 1 fully saturated rings. The molecule has 0 saturated carbocycles. The zero-order chi connectivity index (χ0) is 15.9. The Morgan fingerprint density at radius 3 is 2.57 bits per heavy atom. The molecule has 0 aromatic carbocycles. The summed E-state index contributed by atoms with van der Waals surface area (Å²) < 4.78 is 0. The van der Waals surface area contributed by atoms with Gasteiger partial charge in [0.05, 0.1) is 0 Å². The maximum atomic E-state index is 11.5. The molecule has 0 amide bonds. The fraction of sp³-hybridized carbons (Fsp3) is 0.938. The number of carboxylic acids is 1. The summed E-state index contributed by atoms with van der Waals surface area (Å²) in [5.41, 5.74) is -0.788. The summed E-state index contributed by atoms with van der Waals surface area (Å²) in [5, 5.41) is 12.6. The van der Waals surface area contributed by atoms with Crippen LogP contribution in [0.4, 0.5) is 0 Å². The Balaban J connectivity index is 2.34. The molecule has 1 unspecified atom stereocenters. The van der Waals surface area contributed by atoms with Gasteiger partial charge in [0.15, 0.2) is 0 Å². The third kappa shape index (κ3) is 5.93. The summed E-state index contributed by atoms with van der Waals surface area (Å²) in [6.45, 7) is 7.93. The Morgan fingerprint density at radius 2 is 2.05 bits per heavy atom. The molecule has 0 aliphatic carbocycles. The quantitative estimate of drug-likeness (QED) is 0.678. The van der Waals surface area contributed by atoms with Crippen LogP contribution in [0, 0.1) is 0 Å². The first-order chi connectivity index (χ1) is 9.89. The molecule has 0 spiro atoms. The van der Waals surface area contributed by atoms with Gasteiger partial charge in [-0.2, -0.15) is 0 Å². The van der Waals surface area contributed by atoms with Gasteiger partial charge in [0.1, 0.15) is 5.54 Å². The monoisotopic (exact) mass is 299 g/mol. The van der Waals surface area contributed by atoms with E-state index in [4.69, 9.17) is 0 Å². The molecule has 0 bridgehead atoms. The number of nitrogens with one attached hydrogen (secondary N) is 1. The molecule has 0 aromatic rings. The number of hydrogen-bond donors (Lipinski definition) is 2. The van der Waals surface area contributed by atoms with E-state index in [9.17, 15) is 9.90 Å². The molecule has 21 heavy (non-hydrogen) atoms. The fourth-order valence-corrected chi connectivity index (χ4v) is 2.97. The van der Waals surface area contributed by atoms with Crippen LogP contribution in [-0.2, 0) is 4.79 Å². The number of carboxylic acid groups (broad SMARTS) is 1. The van der Waals surface area contributed by atoms with E-state index in [2.05, 4.69) is 36.1 Å². The van der Waals surface area contributed by atoms with E-state index in [1.807, 2.05) is 0 Å². The number of carbonyl (C=O) groups is 1. The second-order valence-electron chi connectivity index (χ2n) is 6.68. The van der Waals surface area contributed by atoms with Crippen LogP contribution in [0.15, 0.2) is 0 Å². The number of rotatable bonds is 9. The SMILES string of the molecule is CCCNC(C)(CCCN(C)C1CCN(C)CC1)C(=O)O. The highest BCUT2D eigenvalue weighted by Crippen LogP contribution is 2.17. The minimum atomic E-state index is -0.788. The van der Waals surface area contributed by atoms with Crippen molar-refractivity contribution >= 4 is 5.97 Å². The van der Waals surface area contributed by atoms with Gasteiger partial charge in [-0.25, -0.2) is 0 Å². The zero-order valence-electron chi connectivity index (χ0n) is 14.2. The van der Waals surface area contributed by atoms with Gasteiger partial charge in [0.25, 0.3) is 0 Å². The number of aliphatic carboxylic acids is 1. The molecule has 1 heterocycles. The number of hydrogen-bond acceptors (Lipinski definition) is 4. The van der Waals surface area contributed by atoms with Crippen molar-refractivity contribution in [1.82, 2.24) is 15.1 Å². The Kier molecular flexibility index (Phi) is 7.63. The van der Waals surface area contributed by atoms with E-state index in [0.29, 0.717) is 12.5 Å². The summed E-state index contributed by atoms with van der Waals surface area (Å²) in [7, 11) is 4.35. The minimum absolute atomic E-state index is 0.654. The largest absolute Gasteiger partial charge is 0.480 e. The van der Waals surface area contributed by atoms with Crippen LogP contribution in [0.5, 0.6) is 0 Å². The molecule has 0 aromatic heterocycles. The van der Waals surface area contributed by atoms with Crippen molar-refractivity contribution in [1.29, 1.82) is 0 Å². The van der Waals surface area contributed by atoms with Gasteiger partial charge in [0.2, 0.25) is 0 Å². The average molecular weight is 299 g/mol. The van der Waals surface area contributed by atoms with E-state index >= 15 is 0 Å². The molecule has 1 aliphatic rings. The van der Waals surface area contributed by atoms with Crippen molar-refractivity contribution in [3.8, 4) is 0 Å². The van der Waals surface area contributed by atoms with Crippen LogP contribution in [-0.4, -0.2) is 72.7 Å². The number of likely N-dealkylation sites (tertiary alicyclic amines) is 1. The average Bonchev–Trinajstić information content (AvgIpc) is 2.45. The van der Waals surface area contributed by atoms with Crippen LogP contribution < -0.4 is 5.32 Å². The highest BCUT2D eigenvalue weighted by molar-refractivity contribution is 5.78. The van der Waals surface area contributed by atoms with Crippen molar-refractivity contribution in [2.24, 2.45) is 0 Å². The predicted octanol–water partition coefficient (Wildman–Crippen LogP) is 1.64. The predicted molar refractivity (Wildman–Crippen MR) is 86.7 cm³/mol. The van der Waals surface area contributed by atoms with Gasteiger partial charge in [-0.3, -0.25) is 4.79 Å². The zero-order valence-corrected chi connectivity index (χ0v) is 14.2. The molecule has 124 valence electrons. The first-order valence-electron chi connectivity index (χ1n) is 8.26. The third-order valence-corrected chi connectivity index (χ3v) is 4.74. The molecule has 1 saturated heterocycles. The summed E-state index contributed by atoms with van der Waals surface area (Å²) in [5.74, 6) is -0.738. The molecular formula is C16H33N3O2. The van der Waals surface area contributed by atoms with E-state index < -0.39 is 11.5 Å². The number of piperidine rings is 1. The molecular weight excluding hydrogens is 266 g/mol. The highest BCUT2D eigenvalue weighted by atomic mass is 16.4. The minimum Gasteiger partial charge on any atom is -0.480 e. The first-order valence-corrected chi connectivity index (χ1v) is 8.26. The first kappa shape index (κ1) is 18.4. The molecule has 1 rings (SSSR count). The summed E-state index contributed by atoms with van der Waals surface area (Å²) >= 11 is 0. The van der Waals surface area contributed by atoms with Crippen molar-refractivity contribution < 1.29 is 9.90 Å². The normalized spacial score (nSPS) is 20.6. The van der Waals surface area contributed by atoms with Gasteiger partial charge in [-0.05, 0) is 79.3 Å². The van der Waals surface area contributed by atoms with Gasteiger partial charge in [-0.1, -0.05) is 6.92 Å². The maximum Gasteiger partial charge on any atom is 0.323 e. The molecule has 5 heteroatoms.